The number of carbonyl (C=O) groups excluding carboxylic acids is 1. The Kier molecular flexibility index (Phi) is 3.19. The first-order chi connectivity index (χ1) is 7.70. The van der Waals surface area contributed by atoms with Crippen LogP contribution in [0.2, 0.25) is 0 Å². The van der Waals surface area contributed by atoms with Gasteiger partial charge in [0, 0.05) is 32.9 Å². The molecule has 1 fully saturated rings. The minimum absolute atomic E-state index is 0.0317. The number of piperazine rings is 1. The lowest BCUT2D eigenvalue weighted by atomic mass is 10.1. The summed E-state index contributed by atoms with van der Waals surface area (Å²) in [5.41, 5.74) is 0.913. The smallest absolute Gasteiger partial charge is 0.237 e. The van der Waals surface area contributed by atoms with Gasteiger partial charge in [0.2, 0.25) is 5.91 Å². The zero-order valence-electron chi connectivity index (χ0n) is 9.68. The van der Waals surface area contributed by atoms with Crippen molar-refractivity contribution in [2.45, 2.75) is 25.9 Å². The average Bonchev–Trinajstić information content (AvgIpc) is 2.64. The SMILES string of the molecule is CCC1C(=O)NCCN1Cc1cn(C)nn1. The summed E-state index contributed by atoms with van der Waals surface area (Å²) in [5.74, 6) is 0.123. The maximum Gasteiger partial charge on any atom is 0.237 e. The van der Waals surface area contributed by atoms with E-state index in [1.165, 1.54) is 0 Å². The standard InChI is InChI=1S/C10H17N5O/c1-3-9-10(16)11-4-5-15(9)7-8-6-14(2)13-12-8/h6,9H,3-5,7H2,1-2H3,(H,11,16). The summed E-state index contributed by atoms with van der Waals surface area (Å²) in [5, 5.41) is 10.8. The Morgan fingerprint density at radius 2 is 2.44 bits per heavy atom. The summed E-state index contributed by atoms with van der Waals surface area (Å²) < 4.78 is 1.68. The van der Waals surface area contributed by atoms with Crippen LogP contribution in [0.1, 0.15) is 19.0 Å². The van der Waals surface area contributed by atoms with Crippen LogP contribution in [0.3, 0.4) is 0 Å². The predicted molar refractivity (Wildman–Crippen MR) is 58.5 cm³/mol. The Hall–Kier alpha value is -1.43. The minimum atomic E-state index is -0.0317. The molecule has 1 saturated heterocycles. The second-order valence-electron chi connectivity index (χ2n) is 4.07. The van der Waals surface area contributed by atoms with E-state index in [0.29, 0.717) is 6.54 Å². The van der Waals surface area contributed by atoms with E-state index in [1.54, 1.807) is 4.68 Å². The quantitative estimate of drug-likeness (QED) is 0.752. The van der Waals surface area contributed by atoms with E-state index in [9.17, 15) is 4.79 Å². The van der Waals surface area contributed by atoms with Crippen molar-refractivity contribution in [2.24, 2.45) is 7.05 Å². The molecular weight excluding hydrogens is 206 g/mol. The largest absolute Gasteiger partial charge is 0.353 e. The molecule has 0 aromatic carbocycles. The van der Waals surface area contributed by atoms with Crippen molar-refractivity contribution in [1.82, 2.24) is 25.2 Å². The highest BCUT2D eigenvalue weighted by molar-refractivity contribution is 5.82. The fraction of sp³-hybridized carbons (Fsp3) is 0.700. The van der Waals surface area contributed by atoms with E-state index in [0.717, 1.165) is 25.2 Å². The van der Waals surface area contributed by atoms with Crippen LogP contribution in [0.5, 0.6) is 0 Å². The van der Waals surface area contributed by atoms with Crippen LogP contribution in [0.25, 0.3) is 0 Å². The summed E-state index contributed by atoms with van der Waals surface area (Å²) in [7, 11) is 1.84. The lowest BCUT2D eigenvalue weighted by molar-refractivity contribution is -0.129. The molecule has 6 nitrogen and oxygen atoms in total. The van der Waals surface area contributed by atoms with Gasteiger partial charge in [-0.15, -0.1) is 5.10 Å². The van der Waals surface area contributed by atoms with E-state index in [-0.39, 0.29) is 11.9 Å². The van der Waals surface area contributed by atoms with Gasteiger partial charge in [0.1, 0.15) is 0 Å². The van der Waals surface area contributed by atoms with Crippen molar-refractivity contribution in [3.8, 4) is 0 Å². The van der Waals surface area contributed by atoms with Gasteiger partial charge in [0.15, 0.2) is 0 Å². The number of nitrogens with zero attached hydrogens (tertiary/aromatic N) is 4. The molecule has 1 amide bonds. The van der Waals surface area contributed by atoms with Crippen LogP contribution in [0.4, 0.5) is 0 Å². The third kappa shape index (κ3) is 2.21. The Morgan fingerprint density at radius 1 is 1.62 bits per heavy atom. The Balaban J connectivity index is 2.04. The molecule has 1 unspecified atom stereocenters. The van der Waals surface area contributed by atoms with Crippen molar-refractivity contribution in [3.05, 3.63) is 11.9 Å². The molecule has 0 saturated carbocycles. The Morgan fingerprint density at radius 3 is 3.06 bits per heavy atom. The highest BCUT2D eigenvalue weighted by Gasteiger charge is 2.28. The van der Waals surface area contributed by atoms with Crippen molar-refractivity contribution < 1.29 is 4.79 Å². The molecule has 0 spiro atoms. The van der Waals surface area contributed by atoms with E-state index in [1.807, 2.05) is 20.2 Å². The van der Waals surface area contributed by atoms with Gasteiger partial charge in [0.05, 0.1) is 11.7 Å². The number of carbonyl (C=O) groups is 1. The highest BCUT2D eigenvalue weighted by Crippen LogP contribution is 2.11. The number of rotatable bonds is 3. The molecule has 1 atom stereocenters. The maximum absolute atomic E-state index is 11.6. The third-order valence-electron chi connectivity index (χ3n) is 2.84. The number of hydrogen-bond acceptors (Lipinski definition) is 4. The molecule has 1 aromatic rings. The predicted octanol–water partition coefficient (Wildman–Crippen LogP) is -0.474. The number of nitrogens with one attached hydrogen (secondary N) is 1. The fourth-order valence-corrected chi connectivity index (χ4v) is 2.07. The number of aromatic nitrogens is 3. The molecular formula is C10H17N5O. The molecule has 0 bridgehead atoms. The Bertz CT molecular complexity index is 375. The van der Waals surface area contributed by atoms with E-state index in [4.69, 9.17) is 0 Å². The molecule has 1 aliphatic heterocycles. The molecule has 0 radical (unpaired) electrons. The second kappa shape index (κ2) is 4.61. The van der Waals surface area contributed by atoms with Crippen molar-refractivity contribution in [2.75, 3.05) is 13.1 Å². The van der Waals surface area contributed by atoms with E-state index in [2.05, 4.69) is 20.5 Å². The second-order valence-corrected chi connectivity index (χ2v) is 4.07. The topological polar surface area (TPSA) is 63.1 Å². The molecule has 6 heteroatoms. The van der Waals surface area contributed by atoms with E-state index >= 15 is 0 Å². The lowest BCUT2D eigenvalue weighted by Crippen LogP contribution is -2.54. The van der Waals surface area contributed by atoms with Crippen LogP contribution >= 0.6 is 0 Å². The maximum atomic E-state index is 11.6. The number of aryl methyl sites for hydroxylation is 1. The number of hydrogen-bond donors (Lipinski definition) is 1. The first-order valence-corrected chi connectivity index (χ1v) is 5.57. The van der Waals surface area contributed by atoms with E-state index < -0.39 is 0 Å². The van der Waals surface area contributed by atoms with Gasteiger partial charge in [-0.25, -0.2) is 0 Å². The third-order valence-corrected chi connectivity index (χ3v) is 2.84. The minimum Gasteiger partial charge on any atom is -0.353 e. The highest BCUT2D eigenvalue weighted by atomic mass is 16.2. The normalized spacial score (nSPS) is 22.1. The summed E-state index contributed by atoms with van der Waals surface area (Å²) >= 11 is 0. The van der Waals surface area contributed by atoms with Gasteiger partial charge in [-0.1, -0.05) is 12.1 Å². The fourth-order valence-electron chi connectivity index (χ4n) is 2.07. The first kappa shape index (κ1) is 11.1. The van der Waals surface area contributed by atoms with Crippen molar-refractivity contribution in [3.63, 3.8) is 0 Å². The molecule has 2 rings (SSSR count). The van der Waals surface area contributed by atoms with Crippen LogP contribution < -0.4 is 5.32 Å². The van der Waals surface area contributed by atoms with Gasteiger partial charge in [0.25, 0.3) is 0 Å². The molecule has 2 heterocycles. The van der Waals surface area contributed by atoms with Crippen molar-refractivity contribution >= 4 is 5.91 Å². The monoisotopic (exact) mass is 223 g/mol. The zero-order valence-corrected chi connectivity index (χ0v) is 9.68. The Labute approximate surface area is 94.6 Å². The van der Waals surface area contributed by atoms with Gasteiger partial charge < -0.3 is 5.32 Å². The van der Waals surface area contributed by atoms with Crippen molar-refractivity contribution in [1.29, 1.82) is 0 Å². The van der Waals surface area contributed by atoms with Gasteiger partial charge in [-0.3, -0.25) is 14.4 Å². The summed E-state index contributed by atoms with van der Waals surface area (Å²) in [6, 6.07) is -0.0317. The molecule has 16 heavy (non-hydrogen) atoms. The average molecular weight is 223 g/mol. The number of amides is 1. The van der Waals surface area contributed by atoms with Crippen LogP contribution in [-0.2, 0) is 18.4 Å². The van der Waals surface area contributed by atoms with Gasteiger partial charge >= 0.3 is 0 Å². The first-order valence-electron chi connectivity index (χ1n) is 5.57. The molecule has 1 aromatic heterocycles. The van der Waals surface area contributed by atoms with Crippen LogP contribution in [0, 0.1) is 0 Å². The molecule has 1 N–H and O–H groups in total. The summed E-state index contributed by atoms with van der Waals surface area (Å²) in [6.45, 7) is 4.31. The summed E-state index contributed by atoms with van der Waals surface area (Å²) in [6.07, 6.45) is 2.71. The van der Waals surface area contributed by atoms with Crippen LogP contribution in [0.15, 0.2) is 6.20 Å². The van der Waals surface area contributed by atoms with Crippen LogP contribution in [-0.4, -0.2) is 44.9 Å². The van der Waals surface area contributed by atoms with Gasteiger partial charge in [-0.2, -0.15) is 0 Å². The molecule has 0 aliphatic carbocycles. The van der Waals surface area contributed by atoms with Gasteiger partial charge in [-0.05, 0) is 6.42 Å². The summed E-state index contributed by atoms with van der Waals surface area (Å²) in [4.78, 5) is 13.8. The molecule has 88 valence electrons. The molecule has 1 aliphatic rings. The zero-order chi connectivity index (χ0) is 11.5. The lowest BCUT2D eigenvalue weighted by Gasteiger charge is -2.33.